The van der Waals surface area contributed by atoms with Crippen molar-refractivity contribution in [2.24, 2.45) is 5.73 Å². The number of aromatic carboxylic acids is 1. The number of benzene rings is 1. The van der Waals surface area contributed by atoms with Gasteiger partial charge in [0.2, 0.25) is 0 Å². The van der Waals surface area contributed by atoms with Gasteiger partial charge in [-0.2, -0.15) is 0 Å². The first kappa shape index (κ1) is 15.7. The van der Waals surface area contributed by atoms with Gasteiger partial charge in [0.1, 0.15) is 12.4 Å². The molecule has 0 atom stereocenters. The van der Waals surface area contributed by atoms with Gasteiger partial charge in [0.25, 0.3) is 0 Å². The number of aromatic nitrogens is 3. The van der Waals surface area contributed by atoms with Crippen molar-refractivity contribution in [3.63, 3.8) is 0 Å². The topological polar surface area (TPSA) is 103 Å². The normalized spacial score (nSPS) is 10.6. The highest BCUT2D eigenvalue weighted by atomic mass is 79.9. The second-order valence-corrected chi connectivity index (χ2v) is 5.33. The zero-order valence-electron chi connectivity index (χ0n) is 10.8. The lowest BCUT2D eigenvalue weighted by atomic mass is 10.3. The van der Waals surface area contributed by atoms with Crippen LogP contribution in [-0.2, 0) is 13.1 Å². The molecule has 0 bridgehead atoms. The molecule has 0 saturated heterocycles. The third-order valence-corrected chi connectivity index (χ3v) is 3.54. The first-order valence-electron chi connectivity index (χ1n) is 5.96. The van der Waals surface area contributed by atoms with E-state index < -0.39 is 5.97 Å². The monoisotopic (exact) mass is 374 g/mol. The van der Waals surface area contributed by atoms with E-state index in [0.717, 1.165) is 4.47 Å². The highest BCUT2D eigenvalue weighted by Gasteiger charge is 2.17. The zero-order chi connectivity index (χ0) is 15.4. The Labute approximate surface area is 133 Å². The van der Waals surface area contributed by atoms with Gasteiger partial charge in [-0.05, 0) is 34.1 Å². The number of carboxylic acids is 1. The molecule has 1 aromatic carbocycles. The Morgan fingerprint density at radius 3 is 2.90 bits per heavy atom. The number of nitrogens with zero attached hydrogens (tertiary/aromatic N) is 3. The number of hydrogen-bond acceptors (Lipinski definition) is 5. The van der Waals surface area contributed by atoms with Crippen molar-refractivity contribution in [2.75, 3.05) is 6.61 Å². The van der Waals surface area contributed by atoms with Gasteiger partial charge >= 0.3 is 5.97 Å². The summed E-state index contributed by atoms with van der Waals surface area (Å²) in [4.78, 5) is 10.9. The van der Waals surface area contributed by atoms with Crippen LogP contribution in [0.4, 0.5) is 0 Å². The molecule has 112 valence electrons. The minimum Gasteiger partial charge on any atom is -0.490 e. The first-order valence-corrected chi connectivity index (χ1v) is 7.13. The number of ether oxygens (including phenoxy) is 1. The molecule has 0 aliphatic heterocycles. The van der Waals surface area contributed by atoms with Gasteiger partial charge in [-0.15, -0.1) is 5.10 Å². The lowest BCUT2D eigenvalue weighted by Gasteiger charge is -2.09. The average Bonchev–Trinajstić information content (AvgIpc) is 2.84. The lowest BCUT2D eigenvalue weighted by molar-refractivity contribution is 0.0689. The molecule has 3 N–H and O–H groups in total. The third-order valence-electron chi connectivity index (χ3n) is 2.69. The van der Waals surface area contributed by atoms with Crippen molar-refractivity contribution in [2.45, 2.75) is 13.1 Å². The lowest BCUT2D eigenvalue weighted by Crippen LogP contribution is -2.16. The smallest absolute Gasteiger partial charge is 0.358 e. The Morgan fingerprint density at radius 1 is 1.52 bits per heavy atom. The number of carbonyl (C=O) groups is 1. The van der Waals surface area contributed by atoms with Crippen molar-refractivity contribution in [3.8, 4) is 5.75 Å². The molecule has 9 heteroatoms. The van der Waals surface area contributed by atoms with Crippen LogP contribution in [0.1, 0.15) is 16.2 Å². The van der Waals surface area contributed by atoms with Crippen molar-refractivity contribution < 1.29 is 14.6 Å². The number of carboxylic acid groups (broad SMARTS) is 1. The summed E-state index contributed by atoms with van der Waals surface area (Å²) in [6.07, 6.45) is 0. The van der Waals surface area contributed by atoms with Gasteiger partial charge in [0.15, 0.2) is 5.69 Å². The molecule has 0 unspecified atom stereocenters. The maximum absolute atomic E-state index is 10.9. The van der Waals surface area contributed by atoms with Crippen LogP contribution in [0.25, 0.3) is 0 Å². The molecule has 1 aromatic heterocycles. The molecule has 2 aromatic rings. The quantitative estimate of drug-likeness (QED) is 0.799. The maximum atomic E-state index is 10.9. The Morgan fingerprint density at radius 2 is 2.29 bits per heavy atom. The second-order valence-electron chi connectivity index (χ2n) is 4.04. The van der Waals surface area contributed by atoms with E-state index in [-0.39, 0.29) is 18.8 Å². The summed E-state index contributed by atoms with van der Waals surface area (Å²) in [7, 11) is 0. The molecule has 0 amide bonds. The summed E-state index contributed by atoms with van der Waals surface area (Å²) in [5, 5.41) is 16.9. The molecule has 1 heterocycles. The summed E-state index contributed by atoms with van der Waals surface area (Å²) >= 11 is 9.18. The summed E-state index contributed by atoms with van der Waals surface area (Å²) in [6.45, 7) is 0.663. The van der Waals surface area contributed by atoms with E-state index in [9.17, 15) is 4.79 Å². The molecule has 0 saturated carbocycles. The highest BCUT2D eigenvalue weighted by molar-refractivity contribution is 9.10. The molecule has 0 aliphatic carbocycles. The molecule has 7 nitrogen and oxygen atoms in total. The summed E-state index contributed by atoms with van der Waals surface area (Å²) in [6, 6.07) is 5.17. The highest BCUT2D eigenvalue weighted by Crippen LogP contribution is 2.27. The van der Waals surface area contributed by atoms with E-state index in [0.29, 0.717) is 23.0 Å². The number of halogens is 2. The Kier molecular flexibility index (Phi) is 5.16. The molecular formula is C12H12BrClN4O3. The van der Waals surface area contributed by atoms with E-state index in [1.54, 1.807) is 18.2 Å². The van der Waals surface area contributed by atoms with Crippen LogP contribution in [-0.4, -0.2) is 32.7 Å². The van der Waals surface area contributed by atoms with Gasteiger partial charge in [-0.25, -0.2) is 9.48 Å². The van der Waals surface area contributed by atoms with Crippen LogP contribution in [0.15, 0.2) is 22.7 Å². The van der Waals surface area contributed by atoms with Gasteiger partial charge in [-0.3, -0.25) is 0 Å². The minimum absolute atomic E-state index is 0.0409. The number of hydrogen-bond donors (Lipinski definition) is 2. The predicted molar refractivity (Wildman–Crippen MR) is 79.5 cm³/mol. The van der Waals surface area contributed by atoms with Crippen LogP contribution in [0.2, 0.25) is 5.02 Å². The summed E-state index contributed by atoms with van der Waals surface area (Å²) in [5.74, 6) is -0.518. The van der Waals surface area contributed by atoms with Gasteiger partial charge in [0.05, 0.1) is 16.7 Å². The number of nitrogens with two attached hydrogens (primary N) is 1. The fourth-order valence-corrected chi connectivity index (χ4v) is 2.51. The summed E-state index contributed by atoms with van der Waals surface area (Å²) < 4.78 is 7.74. The minimum atomic E-state index is -1.15. The Hall–Kier alpha value is -1.64. The van der Waals surface area contributed by atoms with Gasteiger partial charge < -0.3 is 15.6 Å². The fraction of sp³-hybridized carbons (Fsp3) is 0.250. The van der Waals surface area contributed by atoms with E-state index in [2.05, 4.69) is 26.2 Å². The molecule has 0 aliphatic rings. The Balaban J connectivity index is 2.02. The van der Waals surface area contributed by atoms with Crippen LogP contribution in [0.5, 0.6) is 5.75 Å². The van der Waals surface area contributed by atoms with Gasteiger partial charge in [-0.1, -0.05) is 16.8 Å². The van der Waals surface area contributed by atoms with E-state index >= 15 is 0 Å². The van der Waals surface area contributed by atoms with Crippen molar-refractivity contribution in [1.82, 2.24) is 15.0 Å². The van der Waals surface area contributed by atoms with E-state index in [1.165, 1.54) is 4.68 Å². The predicted octanol–water partition coefficient (Wildman–Crippen LogP) is 1.93. The molecule has 0 fully saturated rings. The molecular weight excluding hydrogens is 364 g/mol. The largest absolute Gasteiger partial charge is 0.490 e. The fourth-order valence-electron chi connectivity index (χ4n) is 1.71. The average molecular weight is 376 g/mol. The van der Waals surface area contributed by atoms with Crippen LogP contribution < -0.4 is 10.5 Å². The molecule has 21 heavy (non-hydrogen) atoms. The standard InChI is InChI=1S/C12H12BrClN4O3/c13-8-5-7(14)1-2-10(8)21-4-3-18-9(6-15)11(12(19)20)16-17-18/h1-2,5H,3-4,6,15H2,(H,19,20). The van der Waals surface area contributed by atoms with Crippen LogP contribution in [0, 0.1) is 0 Å². The zero-order valence-corrected chi connectivity index (χ0v) is 13.1. The first-order chi connectivity index (χ1) is 10.0. The third kappa shape index (κ3) is 3.72. The number of rotatable bonds is 6. The summed E-state index contributed by atoms with van der Waals surface area (Å²) in [5.41, 5.74) is 5.76. The van der Waals surface area contributed by atoms with E-state index in [4.69, 9.17) is 27.2 Å². The SMILES string of the molecule is NCc1c(C(=O)O)nnn1CCOc1ccc(Cl)cc1Br. The molecule has 0 radical (unpaired) electrons. The van der Waals surface area contributed by atoms with Crippen molar-refractivity contribution in [1.29, 1.82) is 0 Å². The molecule has 2 rings (SSSR count). The van der Waals surface area contributed by atoms with Crippen LogP contribution >= 0.6 is 27.5 Å². The second kappa shape index (κ2) is 6.88. The van der Waals surface area contributed by atoms with Crippen molar-refractivity contribution in [3.05, 3.63) is 39.1 Å². The maximum Gasteiger partial charge on any atom is 0.358 e. The van der Waals surface area contributed by atoms with Gasteiger partial charge in [0, 0.05) is 11.6 Å². The van der Waals surface area contributed by atoms with Crippen LogP contribution in [0.3, 0.4) is 0 Å². The Bertz CT molecular complexity index is 662. The van der Waals surface area contributed by atoms with E-state index in [1.807, 2.05) is 0 Å². The van der Waals surface area contributed by atoms with Crippen molar-refractivity contribution >= 4 is 33.5 Å². The molecule has 0 spiro atoms.